The lowest BCUT2D eigenvalue weighted by Crippen LogP contribution is -2.44. The monoisotopic (exact) mass is 381 g/mol. The molecule has 2 amide bonds. The van der Waals surface area contributed by atoms with Crippen molar-refractivity contribution in [2.24, 2.45) is 13.0 Å². The maximum absolute atomic E-state index is 13.2. The van der Waals surface area contributed by atoms with E-state index < -0.39 is 0 Å². The average Bonchev–Trinajstić information content (AvgIpc) is 3.06. The molecule has 7 nitrogen and oxygen atoms in total. The van der Waals surface area contributed by atoms with Crippen molar-refractivity contribution in [1.82, 2.24) is 20.0 Å². The molecule has 2 aromatic rings. The molecule has 1 atom stereocenters. The number of aryl methyl sites for hydroxylation is 2. The number of rotatable bonds is 3. The second kappa shape index (κ2) is 7.75. The Labute approximate surface area is 165 Å². The molecule has 28 heavy (non-hydrogen) atoms. The maximum atomic E-state index is 13.2. The van der Waals surface area contributed by atoms with Crippen LogP contribution >= 0.6 is 0 Å². The molecule has 2 aliphatic rings. The normalized spacial score (nSPS) is 19.2. The number of amides is 2. The van der Waals surface area contributed by atoms with Crippen LogP contribution in [-0.2, 0) is 24.8 Å². The molecule has 0 aliphatic carbocycles. The second-order valence-corrected chi connectivity index (χ2v) is 7.72. The first-order valence-electron chi connectivity index (χ1n) is 9.96. The summed E-state index contributed by atoms with van der Waals surface area (Å²) in [6.07, 6.45) is 2.50. The minimum absolute atomic E-state index is 0.0171. The fourth-order valence-electron chi connectivity index (χ4n) is 4.17. The minimum atomic E-state index is -0.199. The summed E-state index contributed by atoms with van der Waals surface area (Å²) in [6, 6.07) is 7.75. The Kier molecular flexibility index (Phi) is 5.17. The summed E-state index contributed by atoms with van der Waals surface area (Å²) in [6.45, 7) is 4.67. The number of carbonyl (C=O) groups excluding carboxylic acids is 2. The predicted octanol–water partition coefficient (Wildman–Crippen LogP) is 1.87. The van der Waals surface area contributed by atoms with E-state index >= 15 is 0 Å². The second-order valence-electron chi connectivity index (χ2n) is 7.72. The summed E-state index contributed by atoms with van der Waals surface area (Å²) in [4.78, 5) is 27.7. The van der Waals surface area contributed by atoms with E-state index in [1.54, 1.807) is 4.90 Å². The van der Waals surface area contributed by atoms with Crippen LogP contribution in [0.3, 0.4) is 0 Å². The van der Waals surface area contributed by atoms with Gasteiger partial charge in [-0.2, -0.15) is 5.10 Å². The highest BCUT2D eigenvalue weighted by Gasteiger charge is 2.32. The standard InChI is InChI=1S/C21H27N5O2/c1-14-6-3-4-8-17(14)23-20(27)15-7-5-11-26(13-15)21(28)19-16-12-22-10-9-18(16)25(2)24-19/h3-4,6,8,15,22H,5,7,9-13H2,1-2H3,(H,23,27)/t15-/m0/s1. The van der Waals surface area contributed by atoms with Crippen molar-refractivity contribution in [2.75, 3.05) is 25.0 Å². The van der Waals surface area contributed by atoms with Gasteiger partial charge in [-0.25, -0.2) is 0 Å². The van der Waals surface area contributed by atoms with Gasteiger partial charge in [-0.05, 0) is 31.4 Å². The van der Waals surface area contributed by atoms with Crippen LogP contribution in [0, 0.1) is 12.8 Å². The zero-order valence-corrected chi connectivity index (χ0v) is 16.5. The van der Waals surface area contributed by atoms with Gasteiger partial charge < -0.3 is 15.5 Å². The van der Waals surface area contributed by atoms with E-state index in [4.69, 9.17) is 0 Å². The highest BCUT2D eigenvalue weighted by atomic mass is 16.2. The average molecular weight is 381 g/mol. The number of aromatic nitrogens is 2. The van der Waals surface area contributed by atoms with E-state index in [0.717, 1.165) is 48.3 Å². The number of nitrogens with one attached hydrogen (secondary N) is 2. The van der Waals surface area contributed by atoms with E-state index in [0.29, 0.717) is 25.3 Å². The van der Waals surface area contributed by atoms with Crippen LogP contribution in [0.15, 0.2) is 24.3 Å². The summed E-state index contributed by atoms with van der Waals surface area (Å²) in [5.74, 6) is -0.277. The van der Waals surface area contributed by atoms with Crippen molar-refractivity contribution in [3.8, 4) is 0 Å². The molecule has 2 N–H and O–H groups in total. The number of benzene rings is 1. The van der Waals surface area contributed by atoms with Crippen LogP contribution in [0.4, 0.5) is 5.69 Å². The molecule has 0 saturated carbocycles. The molecule has 1 aromatic carbocycles. The molecule has 0 bridgehead atoms. The Bertz CT molecular complexity index is 904. The maximum Gasteiger partial charge on any atom is 0.274 e. The molecule has 1 fully saturated rings. The quantitative estimate of drug-likeness (QED) is 0.851. The van der Waals surface area contributed by atoms with Crippen LogP contribution in [0.25, 0.3) is 0 Å². The number of carbonyl (C=O) groups is 2. The molecule has 1 saturated heterocycles. The first-order valence-corrected chi connectivity index (χ1v) is 9.96. The third-order valence-electron chi connectivity index (χ3n) is 5.80. The molecule has 148 valence electrons. The van der Waals surface area contributed by atoms with Gasteiger partial charge in [0.05, 0.1) is 5.92 Å². The van der Waals surface area contributed by atoms with Crippen molar-refractivity contribution in [3.63, 3.8) is 0 Å². The lowest BCUT2D eigenvalue weighted by molar-refractivity contribution is -0.121. The van der Waals surface area contributed by atoms with Crippen LogP contribution in [-0.4, -0.2) is 46.1 Å². The number of hydrogen-bond donors (Lipinski definition) is 2. The minimum Gasteiger partial charge on any atom is -0.336 e. The van der Waals surface area contributed by atoms with Crippen molar-refractivity contribution < 1.29 is 9.59 Å². The predicted molar refractivity (Wildman–Crippen MR) is 107 cm³/mol. The highest BCUT2D eigenvalue weighted by molar-refractivity contribution is 5.96. The number of nitrogens with zero attached hydrogens (tertiary/aromatic N) is 3. The molecular weight excluding hydrogens is 354 g/mol. The van der Waals surface area contributed by atoms with Crippen molar-refractivity contribution >= 4 is 17.5 Å². The smallest absolute Gasteiger partial charge is 0.274 e. The largest absolute Gasteiger partial charge is 0.336 e. The van der Waals surface area contributed by atoms with Gasteiger partial charge in [0.2, 0.25) is 5.91 Å². The summed E-state index contributed by atoms with van der Waals surface area (Å²) >= 11 is 0. The Balaban J connectivity index is 1.47. The van der Waals surface area contributed by atoms with Gasteiger partial charge in [-0.15, -0.1) is 0 Å². The number of para-hydroxylation sites is 1. The molecule has 0 radical (unpaired) electrons. The van der Waals surface area contributed by atoms with Gasteiger partial charge in [-0.1, -0.05) is 18.2 Å². The van der Waals surface area contributed by atoms with E-state index in [-0.39, 0.29) is 17.7 Å². The van der Waals surface area contributed by atoms with E-state index in [1.165, 1.54) is 0 Å². The number of anilines is 1. The Hall–Kier alpha value is -2.67. The van der Waals surface area contributed by atoms with Crippen LogP contribution < -0.4 is 10.6 Å². The lowest BCUT2D eigenvalue weighted by Gasteiger charge is -2.32. The van der Waals surface area contributed by atoms with Gasteiger partial charge in [0, 0.05) is 56.6 Å². The first-order chi connectivity index (χ1) is 13.5. The van der Waals surface area contributed by atoms with Gasteiger partial charge in [0.15, 0.2) is 5.69 Å². The molecule has 0 unspecified atom stereocenters. The third-order valence-corrected chi connectivity index (χ3v) is 5.80. The zero-order chi connectivity index (χ0) is 19.7. The van der Waals surface area contributed by atoms with Crippen molar-refractivity contribution in [3.05, 3.63) is 46.8 Å². The number of fused-ring (bicyclic) bond motifs is 1. The molecule has 7 heteroatoms. The van der Waals surface area contributed by atoms with Crippen molar-refractivity contribution in [2.45, 2.75) is 32.7 Å². The summed E-state index contributed by atoms with van der Waals surface area (Å²) in [7, 11) is 1.90. The fourth-order valence-corrected chi connectivity index (χ4v) is 4.17. The highest BCUT2D eigenvalue weighted by Crippen LogP contribution is 2.24. The van der Waals surface area contributed by atoms with Crippen LogP contribution in [0.2, 0.25) is 0 Å². The lowest BCUT2D eigenvalue weighted by atomic mass is 9.96. The Morgan fingerprint density at radius 3 is 2.93 bits per heavy atom. The van der Waals surface area contributed by atoms with E-state index in [2.05, 4.69) is 15.7 Å². The van der Waals surface area contributed by atoms with Gasteiger partial charge in [0.25, 0.3) is 5.91 Å². The fraction of sp³-hybridized carbons (Fsp3) is 0.476. The summed E-state index contributed by atoms with van der Waals surface area (Å²) in [5.41, 5.74) is 4.54. The van der Waals surface area contributed by atoms with Gasteiger partial charge in [-0.3, -0.25) is 14.3 Å². The molecule has 1 aromatic heterocycles. The number of likely N-dealkylation sites (tertiary alicyclic amines) is 1. The van der Waals surface area contributed by atoms with Gasteiger partial charge in [0.1, 0.15) is 0 Å². The Morgan fingerprint density at radius 1 is 1.29 bits per heavy atom. The van der Waals surface area contributed by atoms with Crippen molar-refractivity contribution in [1.29, 1.82) is 0 Å². The number of hydrogen-bond acceptors (Lipinski definition) is 4. The third kappa shape index (κ3) is 3.54. The molecule has 3 heterocycles. The van der Waals surface area contributed by atoms with E-state index in [9.17, 15) is 9.59 Å². The SMILES string of the molecule is Cc1ccccc1NC(=O)[C@H]1CCCN(C(=O)c2nn(C)c3c2CNCC3)C1. The van der Waals surface area contributed by atoms with Gasteiger partial charge >= 0.3 is 0 Å². The molecular formula is C21H27N5O2. The molecule has 4 rings (SSSR count). The van der Waals surface area contributed by atoms with Crippen LogP contribution in [0.5, 0.6) is 0 Å². The molecule has 2 aliphatic heterocycles. The number of piperidine rings is 1. The van der Waals surface area contributed by atoms with E-state index in [1.807, 2.05) is 42.9 Å². The Morgan fingerprint density at radius 2 is 2.11 bits per heavy atom. The zero-order valence-electron chi connectivity index (χ0n) is 16.5. The topological polar surface area (TPSA) is 79.3 Å². The van der Waals surface area contributed by atoms with Crippen LogP contribution in [0.1, 0.15) is 40.2 Å². The molecule has 0 spiro atoms. The first kappa shape index (κ1) is 18.7. The summed E-state index contributed by atoms with van der Waals surface area (Å²) in [5, 5.41) is 10.9. The summed E-state index contributed by atoms with van der Waals surface area (Å²) < 4.78 is 1.83.